The van der Waals surface area contributed by atoms with Crippen LogP contribution < -0.4 is 0 Å². The molecule has 0 amide bonds. The molecule has 86 valence electrons. The summed E-state index contributed by atoms with van der Waals surface area (Å²) in [5, 5.41) is 0. The minimum atomic E-state index is 0.220. The standard InChI is InChI=1S/C12H21NO2/c1-9-7-13(6-5-12(9)14)8-11-4-3-10(2)15-11/h9-11H,3-8H2,1-2H3. The van der Waals surface area contributed by atoms with Gasteiger partial charge in [0, 0.05) is 32.0 Å². The summed E-state index contributed by atoms with van der Waals surface area (Å²) in [6, 6.07) is 0. The maximum absolute atomic E-state index is 11.4. The summed E-state index contributed by atoms with van der Waals surface area (Å²) >= 11 is 0. The van der Waals surface area contributed by atoms with Crippen LogP contribution in [0.4, 0.5) is 0 Å². The second-order valence-corrected chi connectivity index (χ2v) is 5.02. The van der Waals surface area contributed by atoms with Crippen molar-refractivity contribution in [3.05, 3.63) is 0 Å². The van der Waals surface area contributed by atoms with Gasteiger partial charge in [0.2, 0.25) is 0 Å². The fourth-order valence-corrected chi connectivity index (χ4v) is 2.57. The maximum atomic E-state index is 11.4. The first-order valence-corrected chi connectivity index (χ1v) is 6.05. The Morgan fingerprint density at radius 2 is 2.20 bits per heavy atom. The van der Waals surface area contributed by atoms with Gasteiger partial charge in [0.15, 0.2) is 0 Å². The van der Waals surface area contributed by atoms with Crippen molar-refractivity contribution < 1.29 is 9.53 Å². The molecule has 0 aromatic heterocycles. The first kappa shape index (κ1) is 11.1. The van der Waals surface area contributed by atoms with Gasteiger partial charge in [-0.1, -0.05) is 6.92 Å². The van der Waals surface area contributed by atoms with E-state index in [1.165, 1.54) is 12.8 Å². The zero-order valence-electron chi connectivity index (χ0n) is 9.74. The summed E-state index contributed by atoms with van der Waals surface area (Å²) in [4.78, 5) is 13.8. The molecule has 3 atom stereocenters. The third-order valence-corrected chi connectivity index (χ3v) is 3.54. The molecule has 0 saturated carbocycles. The van der Waals surface area contributed by atoms with Gasteiger partial charge in [-0.25, -0.2) is 0 Å². The van der Waals surface area contributed by atoms with Crippen LogP contribution in [0.25, 0.3) is 0 Å². The van der Waals surface area contributed by atoms with E-state index in [0.29, 0.717) is 18.0 Å². The zero-order chi connectivity index (χ0) is 10.8. The Hall–Kier alpha value is -0.410. The average Bonchev–Trinajstić information content (AvgIpc) is 2.58. The number of ether oxygens (including phenoxy) is 1. The fraction of sp³-hybridized carbons (Fsp3) is 0.917. The number of carbonyl (C=O) groups is 1. The Morgan fingerprint density at radius 3 is 2.80 bits per heavy atom. The molecule has 0 spiro atoms. The van der Waals surface area contributed by atoms with Crippen LogP contribution in [0.15, 0.2) is 0 Å². The molecule has 0 aromatic rings. The molecule has 0 bridgehead atoms. The molecule has 0 N–H and O–H groups in total. The van der Waals surface area contributed by atoms with Crippen molar-refractivity contribution in [2.75, 3.05) is 19.6 Å². The van der Waals surface area contributed by atoms with E-state index in [4.69, 9.17) is 4.74 Å². The van der Waals surface area contributed by atoms with Gasteiger partial charge in [-0.15, -0.1) is 0 Å². The third kappa shape index (κ3) is 2.79. The molecule has 0 aromatic carbocycles. The highest BCUT2D eigenvalue weighted by atomic mass is 16.5. The van der Waals surface area contributed by atoms with Crippen molar-refractivity contribution in [2.24, 2.45) is 5.92 Å². The minimum Gasteiger partial charge on any atom is -0.374 e. The number of piperidine rings is 1. The second-order valence-electron chi connectivity index (χ2n) is 5.02. The molecule has 2 rings (SSSR count). The third-order valence-electron chi connectivity index (χ3n) is 3.54. The van der Waals surface area contributed by atoms with E-state index in [-0.39, 0.29) is 5.92 Å². The van der Waals surface area contributed by atoms with Gasteiger partial charge in [0.1, 0.15) is 5.78 Å². The molecule has 0 aliphatic carbocycles. The Labute approximate surface area is 91.8 Å². The highest BCUT2D eigenvalue weighted by Gasteiger charge is 2.28. The Morgan fingerprint density at radius 1 is 1.40 bits per heavy atom. The van der Waals surface area contributed by atoms with Crippen LogP contribution in [-0.4, -0.2) is 42.5 Å². The van der Waals surface area contributed by atoms with Crippen LogP contribution >= 0.6 is 0 Å². The molecule has 2 saturated heterocycles. The van der Waals surface area contributed by atoms with E-state index in [2.05, 4.69) is 11.8 Å². The van der Waals surface area contributed by atoms with Crippen molar-refractivity contribution >= 4 is 5.78 Å². The van der Waals surface area contributed by atoms with E-state index < -0.39 is 0 Å². The van der Waals surface area contributed by atoms with Crippen molar-refractivity contribution in [2.45, 2.75) is 45.3 Å². The summed E-state index contributed by atoms with van der Waals surface area (Å²) in [5.41, 5.74) is 0. The van der Waals surface area contributed by atoms with E-state index in [1.54, 1.807) is 0 Å². The highest BCUT2D eigenvalue weighted by Crippen LogP contribution is 2.21. The summed E-state index contributed by atoms with van der Waals surface area (Å²) in [7, 11) is 0. The molecule has 3 nitrogen and oxygen atoms in total. The Bertz CT molecular complexity index is 242. The number of Topliss-reactive ketones (excluding diaryl/α,β-unsaturated/α-hetero) is 1. The van der Waals surface area contributed by atoms with Crippen molar-refractivity contribution in [1.82, 2.24) is 4.90 Å². The molecule has 2 aliphatic heterocycles. The topological polar surface area (TPSA) is 29.5 Å². The van der Waals surface area contributed by atoms with Crippen molar-refractivity contribution in [3.63, 3.8) is 0 Å². The minimum absolute atomic E-state index is 0.220. The maximum Gasteiger partial charge on any atom is 0.138 e. The Balaban J connectivity index is 1.78. The number of rotatable bonds is 2. The molecule has 15 heavy (non-hydrogen) atoms. The van der Waals surface area contributed by atoms with Crippen LogP contribution in [-0.2, 0) is 9.53 Å². The molecule has 2 fully saturated rings. The van der Waals surface area contributed by atoms with Crippen LogP contribution in [0, 0.1) is 5.92 Å². The lowest BCUT2D eigenvalue weighted by molar-refractivity contribution is -0.126. The number of carbonyl (C=O) groups excluding carboxylic acids is 1. The molecule has 2 aliphatic rings. The average molecular weight is 211 g/mol. The second kappa shape index (κ2) is 4.62. The van der Waals surface area contributed by atoms with E-state index in [0.717, 1.165) is 26.1 Å². The van der Waals surface area contributed by atoms with Gasteiger partial charge < -0.3 is 4.74 Å². The van der Waals surface area contributed by atoms with E-state index in [1.807, 2.05) is 6.92 Å². The lowest BCUT2D eigenvalue weighted by Crippen LogP contribution is -2.43. The zero-order valence-corrected chi connectivity index (χ0v) is 9.74. The summed E-state index contributed by atoms with van der Waals surface area (Å²) in [6.07, 6.45) is 3.93. The summed E-state index contributed by atoms with van der Waals surface area (Å²) in [5.74, 6) is 0.643. The monoisotopic (exact) mass is 211 g/mol. The fourth-order valence-electron chi connectivity index (χ4n) is 2.57. The largest absolute Gasteiger partial charge is 0.374 e. The Kier molecular flexibility index (Phi) is 3.42. The van der Waals surface area contributed by atoms with Gasteiger partial charge in [0.05, 0.1) is 12.2 Å². The smallest absolute Gasteiger partial charge is 0.138 e. The van der Waals surface area contributed by atoms with Gasteiger partial charge in [0.25, 0.3) is 0 Å². The number of hydrogen-bond acceptors (Lipinski definition) is 3. The summed E-state index contributed by atoms with van der Waals surface area (Å²) in [6.45, 7) is 7.04. The van der Waals surface area contributed by atoms with Crippen LogP contribution in [0.1, 0.15) is 33.1 Å². The first-order chi connectivity index (χ1) is 7.15. The molecular formula is C12H21NO2. The number of ketones is 1. The van der Waals surface area contributed by atoms with E-state index in [9.17, 15) is 4.79 Å². The van der Waals surface area contributed by atoms with Gasteiger partial charge in [-0.3, -0.25) is 9.69 Å². The number of nitrogens with zero attached hydrogens (tertiary/aromatic N) is 1. The van der Waals surface area contributed by atoms with Crippen molar-refractivity contribution in [1.29, 1.82) is 0 Å². The lowest BCUT2D eigenvalue weighted by atomic mass is 9.98. The van der Waals surface area contributed by atoms with Gasteiger partial charge >= 0.3 is 0 Å². The SMILES string of the molecule is CC1CCC(CN2CCC(=O)C(C)C2)O1. The number of hydrogen-bond donors (Lipinski definition) is 0. The molecule has 3 heteroatoms. The predicted octanol–water partition coefficient (Wildman–Crippen LogP) is 1.46. The molecule has 3 unspecified atom stereocenters. The summed E-state index contributed by atoms with van der Waals surface area (Å²) < 4.78 is 5.80. The lowest BCUT2D eigenvalue weighted by Gasteiger charge is -2.31. The van der Waals surface area contributed by atoms with Gasteiger partial charge in [-0.2, -0.15) is 0 Å². The number of likely N-dealkylation sites (tertiary alicyclic amines) is 1. The molecular weight excluding hydrogens is 190 g/mol. The van der Waals surface area contributed by atoms with Crippen LogP contribution in [0.2, 0.25) is 0 Å². The van der Waals surface area contributed by atoms with Gasteiger partial charge in [-0.05, 0) is 19.8 Å². The normalized spacial score (nSPS) is 38.5. The van der Waals surface area contributed by atoms with Crippen LogP contribution in [0.3, 0.4) is 0 Å². The quantitative estimate of drug-likeness (QED) is 0.692. The van der Waals surface area contributed by atoms with E-state index >= 15 is 0 Å². The predicted molar refractivity (Wildman–Crippen MR) is 58.8 cm³/mol. The highest BCUT2D eigenvalue weighted by molar-refractivity contribution is 5.81. The molecule has 2 heterocycles. The van der Waals surface area contributed by atoms with Crippen molar-refractivity contribution in [3.8, 4) is 0 Å². The molecule has 0 radical (unpaired) electrons. The first-order valence-electron chi connectivity index (χ1n) is 6.05. The van der Waals surface area contributed by atoms with Crippen LogP contribution in [0.5, 0.6) is 0 Å².